The largest absolute Gasteiger partial charge is 0.496 e. The zero-order valence-corrected chi connectivity index (χ0v) is 9.62. The summed E-state index contributed by atoms with van der Waals surface area (Å²) < 4.78 is 18.2. The standard InChI is InChI=1S/C12H15FN2O/c1-12(2,7-14)11(15)9-6-8(13)4-5-10(9)16-3/h4-6,11H,15H2,1-3H3. The molecule has 16 heavy (non-hydrogen) atoms. The molecular weight excluding hydrogens is 207 g/mol. The smallest absolute Gasteiger partial charge is 0.123 e. The molecule has 0 saturated carbocycles. The van der Waals surface area contributed by atoms with Crippen molar-refractivity contribution in [1.82, 2.24) is 0 Å². The van der Waals surface area contributed by atoms with Crippen LogP contribution in [-0.2, 0) is 0 Å². The average Bonchev–Trinajstić information content (AvgIpc) is 2.28. The Morgan fingerprint density at radius 2 is 2.12 bits per heavy atom. The van der Waals surface area contributed by atoms with E-state index in [0.29, 0.717) is 11.3 Å². The summed E-state index contributed by atoms with van der Waals surface area (Å²) in [4.78, 5) is 0. The van der Waals surface area contributed by atoms with Gasteiger partial charge in [-0.05, 0) is 32.0 Å². The van der Waals surface area contributed by atoms with Gasteiger partial charge in [-0.3, -0.25) is 0 Å². The van der Waals surface area contributed by atoms with E-state index in [-0.39, 0.29) is 5.82 Å². The Morgan fingerprint density at radius 1 is 1.50 bits per heavy atom. The number of benzene rings is 1. The van der Waals surface area contributed by atoms with Crippen molar-refractivity contribution >= 4 is 0 Å². The van der Waals surface area contributed by atoms with Gasteiger partial charge in [0.2, 0.25) is 0 Å². The van der Waals surface area contributed by atoms with Crippen molar-refractivity contribution in [3.05, 3.63) is 29.6 Å². The lowest BCUT2D eigenvalue weighted by molar-refractivity contribution is 0.360. The summed E-state index contributed by atoms with van der Waals surface area (Å²) in [5.74, 6) is 0.109. The van der Waals surface area contributed by atoms with E-state index in [1.54, 1.807) is 13.8 Å². The Hall–Kier alpha value is -1.60. The van der Waals surface area contributed by atoms with Gasteiger partial charge in [0.15, 0.2) is 0 Å². The molecule has 0 amide bonds. The van der Waals surface area contributed by atoms with E-state index in [1.807, 2.05) is 0 Å². The number of ether oxygens (including phenoxy) is 1. The fourth-order valence-corrected chi connectivity index (χ4v) is 1.41. The van der Waals surface area contributed by atoms with Crippen LogP contribution in [0.5, 0.6) is 5.75 Å². The third-order valence-corrected chi connectivity index (χ3v) is 2.59. The van der Waals surface area contributed by atoms with E-state index in [2.05, 4.69) is 6.07 Å². The van der Waals surface area contributed by atoms with Crippen molar-refractivity contribution in [1.29, 1.82) is 5.26 Å². The highest BCUT2D eigenvalue weighted by Crippen LogP contribution is 2.35. The monoisotopic (exact) mass is 222 g/mol. The van der Waals surface area contributed by atoms with Crippen molar-refractivity contribution in [2.24, 2.45) is 11.1 Å². The van der Waals surface area contributed by atoms with Gasteiger partial charge in [0.25, 0.3) is 0 Å². The topological polar surface area (TPSA) is 59.0 Å². The first-order valence-corrected chi connectivity index (χ1v) is 4.92. The fourth-order valence-electron chi connectivity index (χ4n) is 1.41. The molecule has 0 saturated heterocycles. The molecule has 1 aromatic carbocycles. The van der Waals surface area contributed by atoms with Gasteiger partial charge in [-0.15, -0.1) is 0 Å². The van der Waals surface area contributed by atoms with Gasteiger partial charge in [-0.25, -0.2) is 4.39 Å². The van der Waals surface area contributed by atoms with Crippen LogP contribution in [0.4, 0.5) is 4.39 Å². The van der Waals surface area contributed by atoms with Crippen LogP contribution >= 0.6 is 0 Å². The van der Waals surface area contributed by atoms with Gasteiger partial charge in [-0.1, -0.05) is 0 Å². The number of nitriles is 1. The molecule has 0 aliphatic rings. The van der Waals surface area contributed by atoms with E-state index in [9.17, 15) is 4.39 Å². The van der Waals surface area contributed by atoms with Crippen LogP contribution in [-0.4, -0.2) is 7.11 Å². The second-order valence-corrected chi connectivity index (χ2v) is 4.20. The molecule has 1 aromatic rings. The van der Waals surface area contributed by atoms with E-state index >= 15 is 0 Å². The highest BCUT2D eigenvalue weighted by atomic mass is 19.1. The number of nitrogens with two attached hydrogens (primary N) is 1. The van der Waals surface area contributed by atoms with E-state index < -0.39 is 11.5 Å². The Balaban J connectivity index is 3.22. The van der Waals surface area contributed by atoms with Gasteiger partial charge in [0, 0.05) is 5.56 Å². The second kappa shape index (κ2) is 4.50. The second-order valence-electron chi connectivity index (χ2n) is 4.20. The van der Waals surface area contributed by atoms with Crippen LogP contribution in [0.1, 0.15) is 25.5 Å². The third kappa shape index (κ3) is 2.31. The van der Waals surface area contributed by atoms with Crippen LogP contribution < -0.4 is 10.5 Å². The predicted octanol–water partition coefficient (Wildman–Crippen LogP) is 2.38. The van der Waals surface area contributed by atoms with Gasteiger partial charge < -0.3 is 10.5 Å². The number of hydrogen-bond acceptors (Lipinski definition) is 3. The number of rotatable bonds is 3. The molecule has 0 aliphatic heterocycles. The molecule has 0 fully saturated rings. The zero-order valence-electron chi connectivity index (χ0n) is 9.62. The van der Waals surface area contributed by atoms with Crippen LogP contribution in [0.2, 0.25) is 0 Å². The number of hydrogen-bond donors (Lipinski definition) is 1. The molecule has 2 N–H and O–H groups in total. The molecule has 0 spiro atoms. The summed E-state index contributed by atoms with van der Waals surface area (Å²) in [5.41, 5.74) is 5.69. The quantitative estimate of drug-likeness (QED) is 0.854. The molecule has 86 valence electrons. The van der Waals surface area contributed by atoms with E-state index in [1.165, 1.54) is 25.3 Å². The van der Waals surface area contributed by atoms with Gasteiger partial charge in [-0.2, -0.15) is 5.26 Å². The average molecular weight is 222 g/mol. The number of methoxy groups -OCH3 is 1. The van der Waals surface area contributed by atoms with Crippen LogP contribution in [0.3, 0.4) is 0 Å². The minimum absolute atomic E-state index is 0.389. The van der Waals surface area contributed by atoms with Gasteiger partial charge in [0.05, 0.1) is 24.6 Å². The minimum Gasteiger partial charge on any atom is -0.496 e. The Labute approximate surface area is 94.6 Å². The van der Waals surface area contributed by atoms with Crippen molar-refractivity contribution < 1.29 is 9.13 Å². The summed E-state index contributed by atoms with van der Waals surface area (Å²) in [6.07, 6.45) is 0. The summed E-state index contributed by atoms with van der Waals surface area (Å²) in [7, 11) is 1.49. The Bertz CT molecular complexity index is 424. The molecule has 0 bridgehead atoms. The van der Waals surface area contributed by atoms with Crippen LogP contribution in [0.25, 0.3) is 0 Å². The first-order chi connectivity index (χ1) is 7.42. The Morgan fingerprint density at radius 3 is 2.62 bits per heavy atom. The summed E-state index contributed by atoms with van der Waals surface area (Å²) >= 11 is 0. The highest BCUT2D eigenvalue weighted by molar-refractivity contribution is 5.38. The molecule has 0 heterocycles. The lowest BCUT2D eigenvalue weighted by Gasteiger charge is -2.25. The molecule has 0 aliphatic carbocycles. The summed E-state index contributed by atoms with van der Waals surface area (Å²) in [6, 6.07) is 5.63. The molecular formula is C12H15FN2O. The number of halogens is 1. The van der Waals surface area contributed by atoms with Crippen LogP contribution in [0.15, 0.2) is 18.2 Å². The van der Waals surface area contributed by atoms with Crippen LogP contribution in [0, 0.1) is 22.6 Å². The van der Waals surface area contributed by atoms with Gasteiger partial charge >= 0.3 is 0 Å². The lowest BCUT2D eigenvalue weighted by atomic mass is 9.82. The van der Waals surface area contributed by atoms with Crippen molar-refractivity contribution in [2.45, 2.75) is 19.9 Å². The molecule has 4 heteroatoms. The molecule has 1 rings (SSSR count). The highest BCUT2D eigenvalue weighted by Gasteiger charge is 2.29. The molecule has 3 nitrogen and oxygen atoms in total. The molecule has 0 radical (unpaired) electrons. The van der Waals surface area contributed by atoms with Crippen molar-refractivity contribution in [3.63, 3.8) is 0 Å². The first kappa shape index (κ1) is 12.5. The van der Waals surface area contributed by atoms with E-state index in [0.717, 1.165) is 0 Å². The maximum Gasteiger partial charge on any atom is 0.123 e. The predicted molar refractivity (Wildman–Crippen MR) is 59.3 cm³/mol. The Kier molecular flexibility index (Phi) is 3.51. The van der Waals surface area contributed by atoms with Crippen molar-refractivity contribution in [3.8, 4) is 11.8 Å². The van der Waals surface area contributed by atoms with E-state index in [4.69, 9.17) is 15.7 Å². The summed E-state index contributed by atoms with van der Waals surface area (Å²) in [6.45, 7) is 3.42. The van der Waals surface area contributed by atoms with Crippen molar-refractivity contribution in [2.75, 3.05) is 7.11 Å². The maximum atomic E-state index is 13.1. The third-order valence-electron chi connectivity index (χ3n) is 2.59. The molecule has 1 unspecified atom stereocenters. The first-order valence-electron chi connectivity index (χ1n) is 4.92. The maximum absolute atomic E-state index is 13.1. The molecule has 0 aromatic heterocycles. The zero-order chi connectivity index (χ0) is 12.3. The SMILES string of the molecule is COc1ccc(F)cc1C(N)C(C)(C)C#N. The number of nitrogens with zero attached hydrogens (tertiary/aromatic N) is 1. The summed E-state index contributed by atoms with van der Waals surface area (Å²) in [5, 5.41) is 8.99. The minimum atomic E-state index is -0.777. The lowest BCUT2D eigenvalue weighted by Crippen LogP contribution is -2.28. The van der Waals surface area contributed by atoms with Gasteiger partial charge in [0.1, 0.15) is 11.6 Å². The normalized spacial score (nSPS) is 13.0. The fraction of sp³-hybridized carbons (Fsp3) is 0.417. The molecule has 1 atom stereocenters.